The SMILES string of the molecule is COC(=O)C(Cc1ccccc1)NC(=O)C(C)C. The van der Waals surface area contributed by atoms with Crippen LogP contribution in [0.3, 0.4) is 0 Å². The first-order chi connectivity index (χ1) is 8.54. The summed E-state index contributed by atoms with van der Waals surface area (Å²) in [4.78, 5) is 23.3. The van der Waals surface area contributed by atoms with E-state index >= 15 is 0 Å². The van der Waals surface area contributed by atoms with Crippen molar-refractivity contribution >= 4 is 11.9 Å². The van der Waals surface area contributed by atoms with Gasteiger partial charge in [-0.15, -0.1) is 0 Å². The van der Waals surface area contributed by atoms with Gasteiger partial charge in [0.05, 0.1) is 7.11 Å². The molecule has 0 saturated carbocycles. The lowest BCUT2D eigenvalue weighted by Gasteiger charge is -2.17. The number of hydrogen-bond donors (Lipinski definition) is 1. The van der Waals surface area contributed by atoms with Gasteiger partial charge in [0.1, 0.15) is 6.04 Å². The van der Waals surface area contributed by atoms with Gasteiger partial charge in [-0.2, -0.15) is 0 Å². The van der Waals surface area contributed by atoms with Gasteiger partial charge in [-0.25, -0.2) is 4.79 Å². The summed E-state index contributed by atoms with van der Waals surface area (Å²) < 4.78 is 4.71. The van der Waals surface area contributed by atoms with Crippen LogP contribution < -0.4 is 5.32 Å². The van der Waals surface area contributed by atoms with E-state index in [0.717, 1.165) is 5.56 Å². The summed E-state index contributed by atoms with van der Waals surface area (Å²) in [5.74, 6) is -0.734. The molecule has 0 bridgehead atoms. The van der Waals surface area contributed by atoms with E-state index in [2.05, 4.69) is 5.32 Å². The van der Waals surface area contributed by atoms with E-state index in [1.807, 2.05) is 30.3 Å². The highest BCUT2D eigenvalue weighted by atomic mass is 16.5. The van der Waals surface area contributed by atoms with Crippen LogP contribution in [0, 0.1) is 5.92 Å². The maximum atomic E-state index is 11.6. The number of amides is 1. The zero-order chi connectivity index (χ0) is 13.5. The largest absolute Gasteiger partial charge is 0.467 e. The number of ether oxygens (including phenoxy) is 1. The molecule has 1 unspecified atom stereocenters. The van der Waals surface area contributed by atoms with Crippen LogP contribution >= 0.6 is 0 Å². The second-order valence-electron chi connectivity index (χ2n) is 4.43. The lowest BCUT2D eigenvalue weighted by molar-refractivity contribution is -0.145. The minimum atomic E-state index is -0.632. The van der Waals surface area contributed by atoms with Crippen LogP contribution in [0.1, 0.15) is 19.4 Å². The summed E-state index contributed by atoms with van der Waals surface area (Å²) in [6.07, 6.45) is 0.436. The zero-order valence-electron chi connectivity index (χ0n) is 11.0. The molecule has 98 valence electrons. The first-order valence-corrected chi connectivity index (χ1v) is 5.96. The molecule has 0 aliphatic carbocycles. The number of nitrogens with one attached hydrogen (secondary N) is 1. The van der Waals surface area contributed by atoms with Gasteiger partial charge in [-0.3, -0.25) is 4.79 Å². The second kappa shape index (κ2) is 6.79. The molecular formula is C14H19NO3. The molecule has 1 aromatic carbocycles. The molecule has 0 aromatic heterocycles. The van der Waals surface area contributed by atoms with Crippen molar-refractivity contribution in [3.63, 3.8) is 0 Å². The van der Waals surface area contributed by atoms with Gasteiger partial charge in [0.2, 0.25) is 5.91 Å². The molecule has 0 aliphatic rings. The molecule has 0 heterocycles. The van der Waals surface area contributed by atoms with E-state index in [9.17, 15) is 9.59 Å². The molecule has 0 saturated heterocycles. The first kappa shape index (κ1) is 14.2. The Bertz CT molecular complexity index is 401. The normalized spacial score (nSPS) is 12.0. The number of benzene rings is 1. The molecule has 0 spiro atoms. The van der Waals surface area contributed by atoms with Crippen molar-refractivity contribution in [3.05, 3.63) is 35.9 Å². The quantitative estimate of drug-likeness (QED) is 0.805. The topological polar surface area (TPSA) is 55.4 Å². The van der Waals surface area contributed by atoms with Crippen molar-refractivity contribution in [1.82, 2.24) is 5.32 Å². The maximum Gasteiger partial charge on any atom is 0.328 e. The summed E-state index contributed by atoms with van der Waals surface area (Å²) in [6.45, 7) is 3.57. The fraction of sp³-hybridized carbons (Fsp3) is 0.429. The summed E-state index contributed by atoms with van der Waals surface area (Å²) in [5.41, 5.74) is 0.983. The third-order valence-electron chi connectivity index (χ3n) is 2.61. The summed E-state index contributed by atoms with van der Waals surface area (Å²) in [7, 11) is 1.32. The number of methoxy groups -OCH3 is 1. The number of hydrogen-bond acceptors (Lipinski definition) is 3. The van der Waals surface area contributed by atoms with Crippen molar-refractivity contribution in [2.75, 3.05) is 7.11 Å². The van der Waals surface area contributed by atoms with Crippen molar-refractivity contribution < 1.29 is 14.3 Å². The van der Waals surface area contributed by atoms with Crippen LogP contribution in [0.15, 0.2) is 30.3 Å². The van der Waals surface area contributed by atoms with Crippen molar-refractivity contribution in [2.24, 2.45) is 5.92 Å². The Kier molecular flexibility index (Phi) is 5.36. The molecule has 1 aromatic rings. The third-order valence-corrected chi connectivity index (χ3v) is 2.61. The fourth-order valence-electron chi connectivity index (χ4n) is 1.52. The van der Waals surface area contributed by atoms with Crippen LogP contribution in [0.2, 0.25) is 0 Å². The minimum absolute atomic E-state index is 0.152. The molecule has 4 nitrogen and oxygen atoms in total. The maximum absolute atomic E-state index is 11.6. The van der Waals surface area contributed by atoms with E-state index in [4.69, 9.17) is 4.74 Å². The summed E-state index contributed by atoms with van der Waals surface area (Å²) in [5, 5.41) is 2.70. The van der Waals surface area contributed by atoms with Crippen molar-refractivity contribution in [1.29, 1.82) is 0 Å². The van der Waals surface area contributed by atoms with E-state index in [0.29, 0.717) is 6.42 Å². The van der Waals surface area contributed by atoms with Crippen LogP contribution in [-0.4, -0.2) is 25.0 Å². The molecular weight excluding hydrogens is 230 g/mol. The molecule has 0 fully saturated rings. The lowest BCUT2D eigenvalue weighted by atomic mass is 10.1. The van der Waals surface area contributed by atoms with E-state index in [1.165, 1.54) is 7.11 Å². The smallest absolute Gasteiger partial charge is 0.328 e. The van der Waals surface area contributed by atoms with E-state index in [-0.39, 0.29) is 11.8 Å². The highest BCUT2D eigenvalue weighted by Crippen LogP contribution is 2.05. The van der Waals surface area contributed by atoms with Crippen molar-refractivity contribution in [2.45, 2.75) is 26.3 Å². The predicted molar refractivity (Wildman–Crippen MR) is 68.9 cm³/mol. The second-order valence-corrected chi connectivity index (χ2v) is 4.43. The zero-order valence-corrected chi connectivity index (χ0v) is 11.0. The number of carbonyl (C=O) groups is 2. The molecule has 0 radical (unpaired) electrons. The lowest BCUT2D eigenvalue weighted by Crippen LogP contribution is -2.44. The van der Waals surface area contributed by atoms with Crippen LogP contribution in [0.25, 0.3) is 0 Å². The number of carbonyl (C=O) groups excluding carboxylic acids is 2. The highest BCUT2D eigenvalue weighted by Gasteiger charge is 2.22. The van der Waals surface area contributed by atoms with Gasteiger partial charge < -0.3 is 10.1 Å². The Morgan fingerprint density at radius 1 is 1.22 bits per heavy atom. The van der Waals surface area contributed by atoms with Crippen LogP contribution in [0.5, 0.6) is 0 Å². The molecule has 1 rings (SSSR count). The molecule has 1 N–H and O–H groups in total. The Morgan fingerprint density at radius 2 is 1.83 bits per heavy atom. The number of rotatable bonds is 5. The molecule has 4 heteroatoms. The van der Waals surface area contributed by atoms with Gasteiger partial charge in [-0.1, -0.05) is 44.2 Å². The minimum Gasteiger partial charge on any atom is -0.467 e. The van der Waals surface area contributed by atoms with E-state index in [1.54, 1.807) is 13.8 Å². The van der Waals surface area contributed by atoms with Crippen molar-refractivity contribution in [3.8, 4) is 0 Å². The standard InChI is InChI=1S/C14H19NO3/c1-10(2)13(16)15-12(14(17)18-3)9-11-7-5-4-6-8-11/h4-8,10,12H,9H2,1-3H3,(H,15,16). The third kappa shape index (κ3) is 4.20. The van der Waals surface area contributed by atoms with Gasteiger partial charge in [0.15, 0.2) is 0 Å². The predicted octanol–water partition coefficient (Wildman–Crippen LogP) is 1.54. The average Bonchev–Trinajstić information content (AvgIpc) is 2.38. The van der Waals surface area contributed by atoms with Gasteiger partial charge >= 0.3 is 5.97 Å². The van der Waals surface area contributed by atoms with Gasteiger partial charge in [0, 0.05) is 12.3 Å². The Balaban J connectivity index is 2.73. The first-order valence-electron chi connectivity index (χ1n) is 5.96. The van der Waals surface area contributed by atoms with Gasteiger partial charge in [-0.05, 0) is 5.56 Å². The average molecular weight is 249 g/mol. The number of esters is 1. The Hall–Kier alpha value is -1.84. The molecule has 0 aliphatic heterocycles. The monoisotopic (exact) mass is 249 g/mol. The Labute approximate surface area is 107 Å². The van der Waals surface area contributed by atoms with E-state index < -0.39 is 12.0 Å². The Morgan fingerprint density at radius 3 is 2.33 bits per heavy atom. The van der Waals surface area contributed by atoms with Crippen LogP contribution in [0.4, 0.5) is 0 Å². The highest BCUT2D eigenvalue weighted by molar-refractivity contribution is 5.85. The summed E-state index contributed by atoms with van der Waals surface area (Å²) >= 11 is 0. The molecule has 1 amide bonds. The molecule has 1 atom stereocenters. The van der Waals surface area contributed by atoms with Gasteiger partial charge in [0.25, 0.3) is 0 Å². The van der Waals surface area contributed by atoms with Crippen LogP contribution in [-0.2, 0) is 20.7 Å². The summed E-state index contributed by atoms with van der Waals surface area (Å²) in [6, 6.07) is 8.90. The fourth-order valence-corrected chi connectivity index (χ4v) is 1.52. The molecule has 18 heavy (non-hydrogen) atoms.